The number of benzene rings is 1. The van der Waals surface area contributed by atoms with Crippen LogP contribution in [-0.4, -0.2) is 29.1 Å². The smallest absolute Gasteiger partial charge is 0.257 e. The number of para-hydroxylation sites is 1. The zero-order valence-electron chi connectivity index (χ0n) is 14.4. The first-order valence-corrected chi connectivity index (χ1v) is 9.63. The minimum absolute atomic E-state index is 0.0109. The molecular formula is C19H16ClN3O3S. The van der Waals surface area contributed by atoms with E-state index in [1.807, 2.05) is 37.3 Å². The molecule has 3 aromatic rings. The monoisotopic (exact) mass is 401 g/mol. The second kappa shape index (κ2) is 7.17. The molecule has 138 valence electrons. The molecular weight excluding hydrogens is 386 g/mol. The van der Waals surface area contributed by atoms with Gasteiger partial charge in [0.05, 0.1) is 15.4 Å². The van der Waals surface area contributed by atoms with Crippen LogP contribution in [0.2, 0.25) is 4.34 Å². The molecule has 2 aromatic heterocycles. The third-order valence-electron chi connectivity index (χ3n) is 4.50. The summed E-state index contributed by atoms with van der Waals surface area (Å²) in [5.41, 5.74) is 1.11. The summed E-state index contributed by atoms with van der Waals surface area (Å²) in [6.07, 6.45) is 1.89. The van der Waals surface area contributed by atoms with E-state index in [4.69, 9.17) is 16.1 Å². The summed E-state index contributed by atoms with van der Waals surface area (Å²) in [6.45, 7) is 1.97. The summed E-state index contributed by atoms with van der Waals surface area (Å²) >= 11 is 7.26. The third-order valence-corrected chi connectivity index (χ3v) is 5.73. The van der Waals surface area contributed by atoms with Crippen LogP contribution in [0.3, 0.4) is 0 Å². The predicted molar refractivity (Wildman–Crippen MR) is 104 cm³/mol. The van der Waals surface area contributed by atoms with E-state index in [0.29, 0.717) is 21.4 Å². The molecule has 27 heavy (non-hydrogen) atoms. The Kier molecular flexibility index (Phi) is 4.72. The van der Waals surface area contributed by atoms with E-state index >= 15 is 0 Å². The Morgan fingerprint density at radius 1 is 1.30 bits per heavy atom. The van der Waals surface area contributed by atoms with Gasteiger partial charge in [-0.05, 0) is 37.6 Å². The molecule has 1 fully saturated rings. The van der Waals surface area contributed by atoms with E-state index < -0.39 is 11.9 Å². The van der Waals surface area contributed by atoms with Crippen molar-refractivity contribution in [3.05, 3.63) is 58.6 Å². The fraction of sp³-hybridized carbons (Fsp3) is 0.211. The Morgan fingerprint density at radius 3 is 2.78 bits per heavy atom. The second-order valence-electron chi connectivity index (χ2n) is 6.33. The van der Waals surface area contributed by atoms with Crippen LogP contribution in [0.5, 0.6) is 0 Å². The molecule has 0 bridgehead atoms. The van der Waals surface area contributed by atoms with Crippen molar-refractivity contribution in [3.63, 3.8) is 0 Å². The van der Waals surface area contributed by atoms with Gasteiger partial charge in [0.15, 0.2) is 5.76 Å². The van der Waals surface area contributed by atoms with E-state index in [0.717, 1.165) is 5.69 Å². The van der Waals surface area contributed by atoms with Crippen molar-refractivity contribution >= 4 is 40.4 Å². The van der Waals surface area contributed by atoms with Gasteiger partial charge in [0.2, 0.25) is 5.91 Å². The Morgan fingerprint density at radius 2 is 2.07 bits per heavy atom. The summed E-state index contributed by atoms with van der Waals surface area (Å²) in [5, 5.41) is 6.55. The highest BCUT2D eigenvalue weighted by Crippen LogP contribution is 2.33. The van der Waals surface area contributed by atoms with Crippen molar-refractivity contribution in [2.75, 3.05) is 4.90 Å². The SMILES string of the molecule is CC1CC(NC(=O)c2cnoc2-c2ccc(Cl)s2)C(=O)N1c1ccccc1. The number of anilines is 1. The van der Waals surface area contributed by atoms with E-state index in [9.17, 15) is 9.59 Å². The zero-order chi connectivity index (χ0) is 19.0. The maximum Gasteiger partial charge on any atom is 0.257 e. The first-order chi connectivity index (χ1) is 13.0. The third kappa shape index (κ3) is 3.36. The lowest BCUT2D eigenvalue weighted by Crippen LogP contribution is -2.42. The summed E-state index contributed by atoms with van der Waals surface area (Å²) in [7, 11) is 0. The number of hydrogen-bond donors (Lipinski definition) is 1. The molecule has 2 unspecified atom stereocenters. The number of hydrogen-bond acceptors (Lipinski definition) is 5. The van der Waals surface area contributed by atoms with Crippen LogP contribution >= 0.6 is 22.9 Å². The van der Waals surface area contributed by atoms with Gasteiger partial charge < -0.3 is 14.7 Å². The fourth-order valence-electron chi connectivity index (χ4n) is 3.27. The Bertz CT molecular complexity index is 985. The molecule has 1 aliphatic heterocycles. The van der Waals surface area contributed by atoms with Gasteiger partial charge >= 0.3 is 0 Å². The average Bonchev–Trinajstić information content (AvgIpc) is 3.36. The van der Waals surface area contributed by atoms with Crippen LogP contribution in [0.15, 0.2) is 53.2 Å². The highest BCUT2D eigenvalue weighted by Gasteiger charge is 2.39. The van der Waals surface area contributed by atoms with Gasteiger partial charge in [-0.2, -0.15) is 0 Å². The maximum absolute atomic E-state index is 12.8. The quantitative estimate of drug-likeness (QED) is 0.717. The molecule has 1 aromatic carbocycles. The summed E-state index contributed by atoms with van der Waals surface area (Å²) < 4.78 is 5.82. The van der Waals surface area contributed by atoms with Crippen LogP contribution in [0.4, 0.5) is 5.69 Å². The highest BCUT2D eigenvalue weighted by atomic mass is 35.5. The summed E-state index contributed by atoms with van der Waals surface area (Å²) in [5.74, 6) is -0.168. The van der Waals surface area contributed by atoms with Gasteiger partial charge in [-0.15, -0.1) is 11.3 Å². The number of amides is 2. The number of nitrogens with zero attached hydrogens (tertiary/aromatic N) is 2. The van der Waals surface area contributed by atoms with Crippen molar-refractivity contribution < 1.29 is 14.1 Å². The average molecular weight is 402 g/mol. The molecule has 8 heteroatoms. The summed E-state index contributed by atoms with van der Waals surface area (Å²) in [4.78, 5) is 28.0. The molecule has 1 saturated heterocycles. The summed E-state index contributed by atoms with van der Waals surface area (Å²) in [6, 6.07) is 12.3. The van der Waals surface area contributed by atoms with Gasteiger partial charge in [0, 0.05) is 11.7 Å². The van der Waals surface area contributed by atoms with Crippen LogP contribution in [0.25, 0.3) is 10.6 Å². The molecule has 0 spiro atoms. The van der Waals surface area contributed by atoms with Gasteiger partial charge in [0.25, 0.3) is 5.91 Å². The van der Waals surface area contributed by atoms with Crippen molar-refractivity contribution in [3.8, 4) is 10.6 Å². The standard InChI is InChI=1S/C19H16ClN3O3S/c1-11-9-14(19(25)23(11)12-5-3-2-4-6-12)22-18(24)13-10-21-26-17(13)15-7-8-16(20)27-15/h2-8,10-11,14H,9H2,1H3,(H,22,24). The molecule has 2 atom stereocenters. The number of carbonyl (C=O) groups is 2. The molecule has 0 radical (unpaired) electrons. The number of thiophene rings is 1. The highest BCUT2D eigenvalue weighted by molar-refractivity contribution is 7.19. The largest absolute Gasteiger partial charge is 0.355 e. The van der Waals surface area contributed by atoms with E-state index in [-0.39, 0.29) is 17.5 Å². The Hall–Kier alpha value is -2.64. The van der Waals surface area contributed by atoms with E-state index in [1.165, 1.54) is 17.5 Å². The molecule has 0 aliphatic carbocycles. The molecule has 6 nitrogen and oxygen atoms in total. The molecule has 0 saturated carbocycles. The van der Waals surface area contributed by atoms with Crippen molar-refractivity contribution in [1.82, 2.24) is 10.5 Å². The lowest BCUT2D eigenvalue weighted by atomic mass is 10.1. The lowest BCUT2D eigenvalue weighted by molar-refractivity contribution is -0.118. The number of rotatable bonds is 4. The van der Waals surface area contributed by atoms with Crippen LogP contribution in [0.1, 0.15) is 23.7 Å². The second-order valence-corrected chi connectivity index (χ2v) is 8.04. The van der Waals surface area contributed by atoms with Crippen molar-refractivity contribution in [1.29, 1.82) is 0 Å². The Balaban J connectivity index is 1.53. The van der Waals surface area contributed by atoms with Gasteiger partial charge in [-0.3, -0.25) is 9.59 Å². The van der Waals surface area contributed by atoms with Crippen molar-refractivity contribution in [2.45, 2.75) is 25.4 Å². The molecule has 2 amide bonds. The minimum atomic E-state index is -0.595. The molecule has 3 heterocycles. The molecule has 4 rings (SSSR count). The predicted octanol–water partition coefficient (Wildman–Crippen LogP) is 3.98. The lowest BCUT2D eigenvalue weighted by Gasteiger charge is -2.21. The normalized spacial score (nSPS) is 19.5. The van der Waals surface area contributed by atoms with Crippen molar-refractivity contribution in [2.24, 2.45) is 0 Å². The maximum atomic E-state index is 12.8. The topological polar surface area (TPSA) is 75.4 Å². The van der Waals surface area contributed by atoms with Gasteiger partial charge in [-0.25, -0.2) is 0 Å². The first kappa shape index (κ1) is 17.8. The van der Waals surface area contributed by atoms with Crippen LogP contribution in [0, 0.1) is 0 Å². The molecule has 1 aliphatic rings. The van der Waals surface area contributed by atoms with Gasteiger partial charge in [-0.1, -0.05) is 35.0 Å². The van der Waals surface area contributed by atoms with E-state index in [2.05, 4.69) is 10.5 Å². The number of aromatic nitrogens is 1. The fourth-order valence-corrected chi connectivity index (χ4v) is 4.31. The number of halogens is 1. The minimum Gasteiger partial charge on any atom is -0.355 e. The van der Waals surface area contributed by atoms with E-state index in [1.54, 1.807) is 17.0 Å². The Labute approximate surface area is 164 Å². The van der Waals surface area contributed by atoms with Gasteiger partial charge in [0.1, 0.15) is 11.6 Å². The van der Waals surface area contributed by atoms with Crippen LogP contribution < -0.4 is 10.2 Å². The molecule has 1 N–H and O–H groups in total. The zero-order valence-corrected chi connectivity index (χ0v) is 16.0. The number of carbonyl (C=O) groups excluding carboxylic acids is 2. The number of nitrogens with one attached hydrogen (secondary N) is 1. The first-order valence-electron chi connectivity index (χ1n) is 8.44. The van der Waals surface area contributed by atoms with Crippen LogP contribution in [-0.2, 0) is 4.79 Å².